The average Bonchev–Trinajstić information content (AvgIpc) is 3.07. The van der Waals surface area contributed by atoms with Crippen molar-refractivity contribution in [3.05, 3.63) is 53.6 Å². The molecule has 0 unspecified atom stereocenters. The fourth-order valence-corrected chi connectivity index (χ4v) is 4.37. The van der Waals surface area contributed by atoms with Gasteiger partial charge in [-0.05, 0) is 42.8 Å². The molecule has 0 saturated heterocycles. The number of hydrogen-bond acceptors (Lipinski definition) is 5. The fraction of sp³-hybridized carbons (Fsp3) is 0.263. The lowest BCUT2D eigenvalue weighted by molar-refractivity contribution is -0.137. The number of halogens is 3. The molecule has 4 nitrogen and oxygen atoms in total. The Morgan fingerprint density at radius 2 is 2.07 bits per heavy atom. The fourth-order valence-electron chi connectivity index (χ4n) is 2.44. The molecule has 1 N–H and O–H groups in total. The van der Waals surface area contributed by atoms with E-state index in [2.05, 4.69) is 10.3 Å². The second kappa shape index (κ2) is 8.83. The van der Waals surface area contributed by atoms with Gasteiger partial charge in [0.05, 0.1) is 28.1 Å². The summed E-state index contributed by atoms with van der Waals surface area (Å²) in [6.07, 6.45) is -4.40. The Morgan fingerprint density at radius 3 is 2.82 bits per heavy atom. The van der Waals surface area contributed by atoms with E-state index in [0.29, 0.717) is 12.2 Å². The summed E-state index contributed by atoms with van der Waals surface area (Å²) in [5, 5.41) is 2.64. The maximum atomic E-state index is 12.7. The van der Waals surface area contributed by atoms with E-state index >= 15 is 0 Å². The monoisotopic (exact) mass is 426 g/mol. The first kappa shape index (κ1) is 20.5. The SMILES string of the molecule is CCOc1ccc2nc(SCC(=O)NCc3cccc(C(F)(F)F)c3)sc2c1. The number of carbonyl (C=O) groups is 1. The van der Waals surface area contributed by atoms with Gasteiger partial charge in [0.1, 0.15) is 5.75 Å². The van der Waals surface area contributed by atoms with E-state index in [4.69, 9.17) is 4.74 Å². The van der Waals surface area contributed by atoms with E-state index in [1.165, 1.54) is 29.2 Å². The highest BCUT2D eigenvalue weighted by atomic mass is 32.2. The van der Waals surface area contributed by atoms with Gasteiger partial charge in [0, 0.05) is 6.54 Å². The standard InChI is InChI=1S/C19H17F3N2O2S2/c1-2-26-14-6-7-15-16(9-14)28-18(24-15)27-11-17(25)23-10-12-4-3-5-13(8-12)19(20,21)22/h3-9H,2,10-11H2,1H3,(H,23,25). The minimum Gasteiger partial charge on any atom is -0.494 e. The molecule has 0 bridgehead atoms. The van der Waals surface area contributed by atoms with Crippen molar-refractivity contribution in [3.8, 4) is 5.75 Å². The number of nitrogens with zero attached hydrogens (tertiary/aromatic N) is 1. The molecule has 0 saturated carbocycles. The molecule has 2 aromatic carbocycles. The van der Waals surface area contributed by atoms with Gasteiger partial charge in [-0.15, -0.1) is 11.3 Å². The molecule has 0 fully saturated rings. The number of aromatic nitrogens is 1. The van der Waals surface area contributed by atoms with Crippen LogP contribution in [-0.4, -0.2) is 23.3 Å². The van der Waals surface area contributed by atoms with E-state index in [0.717, 1.165) is 32.4 Å². The van der Waals surface area contributed by atoms with E-state index in [1.807, 2.05) is 25.1 Å². The van der Waals surface area contributed by atoms with Crippen LogP contribution >= 0.6 is 23.1 Å². The molecule has 1 aromatic heterocycles. The number of nitrogens with one attached hydrogen (secondary N) is 1. The van der Waals surface area contributed by atoms with Crippen LogP contribution < -0.4 is 10.1 Å². The molecular formula is C19H17F3N2O2S2. The van der Waals surface area contributed by atoms with Crippen molar-refractivity contribution < 1.29 is 22.7 Å². The molecule has 0 radical (unpaired) electrons. The summed E-state index contributed by atoms with van der Waals surface area (Å²) in [7, 11) is 0. The molecule has 3 aromatic rings. The zero-order valence-electron chi connectivity index (χ0n) is 14.9. The second-order valence-corrected chi connectivity index (χ2v) is 8.06. The molecule has 0 aliphatic carbocycles. The van der Waals surface area contributed by atoms with Crippen LogP contribution in [0.2, 0.25) is 0 Å². The molecule has 28 heavy (non-hydrogen) atoms. The first-order chi connectivity index (χ1) is 13.3. The summed E-state index contributed by atoms with van der Waals surface area (Å²) < 4.78 is 45.4. The number of alkyl halides is 3. The summed E-state index contributed by atoms with van der Waals surface area (Å²) in [6.45, 7) is 2.54. The van der Waals surface area contributed by atoms with Crippen molar-refractivity contribution in [1.82, 2.24) is 10.3 Å². The predicted molar refractivity (Wildman–Crippen MR) is 105 cm³/mol. The van der Waals surface area contributed by atoms with Crippen LogP contribution in [0.5, 0.6) is 5.75 Å². The lowest BCUT2D eigenvalue weighted by atomic mass is 10.1. The Labute approximate surface area is 168 Å². The lowest BCUT2D eigenvalue weighted by Crippen LogP contribution is -2.24. The number of fused-ring (bicyclic) bond motifs is 1. The number of thiazole rings is 1. The minimum absolute atomic E-state index is 0.0425. The molecule has 0 atom stereocenters. The lowest BCUT2D eigenvalue weighted by Gasteiger charge is -2.09. The van der Waals surface area contributed by atoms with Crippen molar-refractivity contribution in [3.63, 3.8) is 0 Å². The van der Waals surface area contributed by atoms with Crippen LogP contribution in [0.4, 0.5) is 13.2 Å². The smallest absolute Gasteiger partial charge is 0.416 e. The quantitative estimate of drug-likeness (QED) is 0.533. The highest BCUT2D eigenvalue weighted by Crippen LogP contribution is 2.32. The Kier molecular flexibility index (Phi) is 6.46. The predicted octanol–water partition coefficient (Wildman–Crippen LogP) is 5.12. The molecule has 1 heterocycles. The number of thioether (sulfide) groups is 1. The Balaban J connectivity index is 1.54. The van der Waals surface area contributed by atoms with Crippen molar-refractivity contribution >= 4 is 39.2 Å². The van der Waals surface area contributed by atoms with Gasteiger partial charge in [-0.2, -0.15) is 13.2 Å². The molecule has 148 valence electrons. The zero-order valence-corrected chi connectivity index (χ0v) is 16.5. The molecule has 3 rings (SSSR count). The van der Waals surface area contributed by atoms with Crippen molar-refractivity contribution in [2.75, 3.05) is 12.4 Å². The normalized spacial score (nSPS) is 11.6. The Hall–Kier alpha value is -2.26. The second-order valence-electron chi connectivity index (χ2n) is 5.81. The maximum Gasteiger partial charge on any atom is 0.416 e. The van der Waals surface area contributed by atoms with E-state index in [9.17, 15) is 18.0 Å². The minimum atomic E-state index is -4.40. The summed E-state index contributed by atoms with van der Waals surface area (Å²) in [4.78, 5) is 16.5. The Bertz CT molecular complexity index is 973. The number of benzene rings is 2. The van der Waals surface area contributed by atoms with Crippen LogP contribution in [0.1, 0.15) is 18.1 Å². The van der Waals surface area contributed by atoms with Crippen molar-refractivity contribution in [2.24, 2.45) is 0 Å². The van der Waals surface area contributed by atoms with E-state index < -0.39 is 11.7 Å². The van der Waals surface area contributed by atoms with Gasteiger partial charge in [0.25, 0.3) is 0 Å². The summed E-state index contributed by atoms with van der Waals surface area (Å²) in [5.74, 6) is 0.641. The summed E-state index contributed by atoms with van der Waals surface area (Å²) >= 11 is 2.76. The summed E-state index contributed by atoms with van der Waals surface area (Å²) in [6, 6.07) is 10.6. The third-order valence-corrected chi connectivity index (χ3v) is 5.88. The van der Waals surface area contributed by atoms with E-state index in [-0.39, 0.29) is 18.2 Å². The average molecular weight is 426 g/mol. The van der Waals surface area contributed by atoms with Gasteiger partial charge < -0.3 is 10.1 Å². The van der Waals surface area contributed by atoms with Crippen molar-refractivity contribution in [2.45, 2.75) is 24.0 Å². The molecule has 9 heteroatoms. The van der Waals surface area contributed by atoms with Gasteiger partial charge in [-0.3, -0.25) is 4.79 Å². The molecular weight excluding hydrogens is 409 g/mol. The van der Waals surface area contributed by atoms with E-state index in [1.54, 1.807) is 6.07 Å². The van der Waals surface area contributed by atoms with Crippen LogP contribution in [0, 0.1) is 0 Å². The molecule has 0 spiro atoms. The molecule has 0 aliphatic rings. The van der Waals surface area contributed by atoms with Gasteiger partial charge >= 0.3 is 6.18 Å². The third-order valence-electron chi connectivity index (χ3n) is 3.72. The van der Waals surface area contributed by atoms with Crippen LogP contribution in [0.25, 0.3) is 10.2 Å². The van der Waals surface area contributed by atoms with Crippen LogP contribution in [0.15, 0.2) is 46.8 Å². The third kappa shape index (κ3) is 5.39. The highest BCUT2D eigenvalue weighted by Gasteiger charge is 2.30. The number of carbonyl (C=O) groups excluding carboxylic acids is 1. The van der Waals surface area contributed by atoms with Gasteiger partial charge in [0.2, 0.25) is 5.91 Å². The number of rotatable bonds is 7. The topological polar surface area (TPSA) is 51.2 Å². The zero-order chi connectivity index (χ0) is 20.1. The number of amides is 1. The number of hydrogen-bond donors (Lipinski definition) is 1. The highest BCUT2D eigenvalue weighted by molar-refractivity contribution is 8.01. The van der Waals surface area contributed by atoms with Gasteiger partial charge in [0.15, 0.2) is 4.34 Å². The van der Waals surface area contributed by atoms with Gasteiger partial charge in [-0.1, -0.05) is 23.9 Å². The maximum absolute atomic E-state index is 12.7. The number of ether oxygens (including phenoxy) is 1. The molecule has 1 amide bonds. The first-order valence-corrected chi connectivity index (χ1v) is 10.2. The largest absolute Gasteiger partial charge is 0.494 e. The van der Waals surface area contributed by atoms with Crippen LogP contribution in [0.3, 0.4) is 0 Å². The first-order valence-electron chi connectivity index (χ1n) is 8.44. The Morgan fingerprint density at radius 1 is 1.25 bits per heavy atom. The van der Waals surface area contributed by atoms with Crippen LogP contribution in [-0.2, 0) is 17.5 Å². The van der Waals surface area contributed by atoms with Crippen molar-refractivity contribution in [1.29, 1.82) is 0 Å². The van der Waals surface area contributed by atoms with Gasteiger partial charge in [-0.25, -0.2) is 4.98 Å². The summed E-state index contributed by atoms with van der Waals surface area (Å²) in [5.41, 5.74) is 0.506. The molecule has 0 aliphatic heterocycles.